The van der Waals surface area contributed by atoms with E-state index in [0.717, 1.165) is 31.3 Å². The van der Waals surface area contributed by atoms with Gasteiger partial charge in [-0.3, -0.25) is 10.4 Å². The highest BCUT2D eigenvalue weighted by Crippen LogP contribution is 2.33. The average molecular weight is 300 g/mol. The molecule has 0 saturated heterocycles. The summed E-state index contributed by atoms with van der Waals surface area (Å²) in [5, 5.41) is 9.34. The van der Waals surface area contributed by atoms with Crippen molar-refractivity contribution in [3.05, 3.63) is 28.8 Å². The van der Waals surface area contributed by atoms with E-state index in [-0.39, 0.29) is 5.82 Å². The van der Waals surface area contributed by atoms with Crippen LogP contribution in [0.5, 0.6) is 0 Å². The van der Waals surface area contributed by atoms with E-state index < -0.39 is 17.5 Å². The van der Waals surface area contributed by atoms with Crippen LogP contribution in [-0.4, -0.2) is 29.2 Å². The molecule has 3 heterocycles. The van der Waals surface area contributed by atoms with E-state index in [1.165, 1.54) is 7.05 Å². The normalized spacial score (nSPS) is 25.0. The molecule has 0 aromatic carbocycles. The predicted molar refractivity (Wildman–Crippen MR) is 70.2 cm³/mol. The topological polar surface area (TPSA) is 80.3 Å². The van der Waals surface area contributed by atoms with Crippen LogP contribution in [0.25, 0.3) is 0 Å². The SMILES string of the molecule is CNC1=C(C(F)(F)F)C=NC(N)(c2cnn3c2CCC3)N1. The van der Waals surface area contributed by atoms with Crippen molar-refractivity contribution in [3.8, 4) is 0 Å². The second-order valence-corrected chi connectivity index (χ2v) is 5.02. The Hall–Kier alpha value is -2.03. The van der Waals surface area contributed by atoms with Crippen molar-refractivity contribution >= 4 is 6.21 Å². The van der Waals surface area contributed by atoms with Gasteiger partial charge in [0.15, 0.2) is 0 Å². The minimum atomic E-state index is -4.50. The van der Waals surface area contributed by atoms with E-state index in [9.17, 15) is 13.2 Å². The Morgan fingerprint density at radius 1 is 1.48 bits per heavy atom. The van der Waals surface area contributed by atoms with E-state index in [2.05, 4.69) is 20.7 Å². The molecular weight excluding hydrogens is 285 g/mol. The number of rotatable bonds is 2. The van der Waals surface area contributed by atoms with Gasteiger partial charge in [-0.15, -0.1) is 0 Å². The Bertz CT molecular complexity index is 629. The Morgan fingerprint density at radius 2 is 2.24 bits per heavy atom. The highest BCUT2D eigenvalue weighted by atomic mass is 19.4. The van der Waals surface area contributed by atoms with Gasteiger partial charge in [0.25, 0.3) is 0 Å². The number of alkyl halides is 3. The Kier molecular flexibility index (Phi) is 2.97. The lowest BCUT2D eigenvalue weighted by Crippen LogP contribution is -2.54. The van der Waals surface area contributed by atoms with Crippen LogP contribution in [-0.2, 0) is 18.8 Å². The zero-order valence-corrected chi connectivity index (χ0v) is 11.3. The molecule has 3 rings (SSSR count). The second kappa shape index (κ2) is 4.48. The van der Waals surface area contributed by atoms with Crippen LogP contribution >= 0.6 is 0 Å². The van der Waals surface area contributed by atoms with E-state index >= 15 is 0 Å². The molecule has 2 aliphatic rings. The summed E-state index contributed by atoms with van der Waals surface area (Å²) in [6, 6.07) is 0. The number of halogens is 3. The van der Waals surface area contributed by atoms with Crippen LogP contribution in [0.1, 0.15) is 17.7 Å². The van der Waals surface area contributed by atoms with E-state index in [0.29, 0.717) is 5.56 Å². The molecule has 2 aliphatic heterocycles. The fourth-order valence-corrected chi connectivity index (χ4v) is 2.65. The molecule has 0 amide bonds. The smallest absolute Gasteiger partial charge is 0.374 e. The van der Waals surface area contributed by atoms with Crippen LogP contribution in [0, 0.1) is 0 Å². The summed E-state index contributed by atoms with van der Waals surface area (Å²) >= 11 is 0. The van der Waals surface area contributed by atoms with Gasteiger partial charge in [0.05, 0.1) is 11.8 Å². The van der Waals surface area contributed by atoms with Crippen molar-refractivity contribution in [3.63, 3.8) is 0 Å². The van der Waals surface area contributed by atoms with Gasteiger partial charge in [-0.1, -0.05) is 0 Å². The third-order valence-corrected chi connectivity index (χ3v) is 3.68. The molecule has 6 nitrogen and oxygen atoms in total. The molecule has 9 heteroatoms. The van der Waals surface area contributed by atoms with Gasteiger partial charge in [0.1, 0.15) is 11.4 Å². The number of nitrogens with two attached hydrogens (primary N) is 1. The van der Waals surface area contributed by atoms with Crippen molar-refractivity contribution in [2.45, 2.75) is 31.3 Å². The summed E-state index contributed by atoms with van der Waals surface area (Å²) in [4.78, 5) is 3.90. The molecule has 4 N–H and O–H groups in total. The Morgan fingerprint density at radius 3 is 2.90 bits per heavy atom. The number of aryl methyl sites for hydroxylation is 1. The van der Waals surface area contributed by atoms with E-state index in [1.54, 1.807) is 6.20 Å². The number of aromatic nitrogens is 2. The fraction of sp³-hybridized carbons (Fsp3) is 0.500. The molecule has 0 fully saturated rings. The van der Waals surface area contributed by atoms with Crippen molar-refractivity contribution in [2.75, 3.05) is 7.05 Å². The van der Waals surface area contributed by atoms with Crippen LogP contribution in [0.4, 0.5) is 13.2 Å². The molecule has 1 aromatic rings. The standard InChI is InChI=1S/C12H15F3N6/c1-17-10-8(11(13,14)15)5-18-12(16,20-10)7-6-19-21-4-2-3-9(7)21/h5-6,17,20H,2-4,16H2,1H3. The fourth-order valence-electron chi connectivity index (χ4n) is 2.65. The average Bonchev–Trinajstić information content (AvgIpc) is 2.98. The molecule has 0 aliphatic carbocycles. The van der Waals surface area contributed by atoms with Crippen molar-refractivity contribution in [2.24, 2.45) is 10.7 Å². The quantitative estimate of drug-likeness (QED) is 0.746. The van der Waals surface area contributed by atoms with Gasteiger partial charge in [-0.05, 0) is 12.8 Å². The summed E-state index contributed by atoms with van der Waals surface area (Å²) in [6.07, 6.45) is -0.447. The number of aliphatic imine (C=N–C) groups is 1. The van der Waals surface area contributed by atoms with Crippen molar-refractivity contribution in [1.29, 1.82) is 0 Å². The zero-order valence-electron chi connectivity index (χ0n) is 11.3. The summed E-state index contributed by atoms with van der Waals surface area (Å²) in [5.41, 5.74) is 6.80. The predicted octanol–water partition coefficient (Wildman–Crippen LogP) is 0.566. The van der Waals surface area contributed by atoms with Crippen molar-refractivity contribution < 1.29 is 13.2 Å². The molecule has 0 bridgehead atoms. The Labute approximate surface area is 118 Å². The second-order valence-electron chi connectivity index (χ2n) is 5.02. The molecule has 0 saturated carbocycles. The zero-order chi connectivity index (χ0) is 15.3. The first-order chi connectivity index (χ1) is 9.85. The van der Waals surface area contributed by atoms with Gasteiger partial charge in [0.2, 0.25) is 5.79 Å². The first kappa shape index (κ1) is 13.9. The third-order valence-electron chi connectivity index (χ3n) is 3.68. The lowest BCUT2D eigenvalue weighted by atomic mass is 10.1. The number of hydrogen-bond donors (Lipinski definition) is 3. The summed E-state index contributed by atoms with van der Waals surface area (Å²) < 4.78 is 40.5. The van der Waals surface area contributed by atoms with Gasteiger partial charge in [-0.2, -0.15) is 18.3 Å². The highest BCUT2D eigenvalue weighted by molar-refractivity contribution is 5.82. The molecular formula is C12H15F3N6. The number of allylic oxidation sites excluding steroid dienone is 1. The van der Waals surface area contributed by atoms with Crippen LogP contribution in [0.15, 0.2) is 22.6 Å². The molecule has 114 valence electrons. The molecule has 21 heavy (non-hydrogen) atoms. The minimum Gasteiger partial charge on any atom is -0.374 e. The number of hydrogen-bond acceptors (Lipinski definition) is 5. The number of nitrogens with one attached hydrogen (secondary N) is 2. The Balaban J connectivity index is 1.99. The van der Waals surface area contributed by atoms with E-state index in [1.807, 2.05) is 4.68 Å². The summed E-state index contributed by atoms with van der Waals surface area (Å²) in [7, 11) is 1.40. The molecule has 1 unspecified atom stereocenters. The molecule has 0 spiro atoms. The minimum absolute atomic E-state index is 0.196. The monoisotopic (exact) mass is 300 g/mol. The van der Waals surface area contributed by atoms with Gasteiger partial charge >= 0.3 is 6.18 Å². The van der Waals surface area contributed by atoms with Gasteiger partial charge in [0, 0.05) is 25.5 Å². The first-order valence-electron chi connectivity index (χ1n) is 6.52. The maximum Gasteiger partial charge on any atom is 0.421 e. The third kappa shape index (κ3) is 2.17. The maximum absolute atomic E-state index is 12.9. The highest BCUT2D eigenvalue weighted by Gasteiger charge is 2.42. The van der Waals surface area contributed by atoms with Crippen molar-refractivity contribution in [1.82, 2.24) is 20.4 Å². The first-order valence-corrected chi connectivity index (χ1v) is 6.52. The lowest BCUT2D eigenvalue weighted by molar-refractivity contribution is -0.0875. The van der Waals surface area contributed by atoms with E-state index in [4.69, 9.17) is 5.73 Å². The van der Waals surface area contributed by atoms with Gasteiger partial charge < -0.3 is 10.6 Å². The molecule has 1 atom stereocenters. The maximum atomic E-state index is 12.9. The largest absolute Gasteiger partial charge is 0.421 e. The van der Waals surface area contributed by atoms with Crippen LogP contribution in [0.2, 0.25) is 0 Å². The van der Waals surface area contributed by atoms with Crippen LogP contribution in [0.3, 0.4) is 0 Å². The number of nitrogens with zero attached hydrogens (tertiary/aromatic N) is 3. The summed E-state index contributed by atoms with van der Waals surface area (Å²) in [6.45, 7) is 0.789. The summed E-state index contributed by atoms with van der Waals surface area (Å²) in [5.74, 6) is -1.64. The lowest BCUT2D eigenvalue weighted by Gasteiger charge is -2.33. The number of fused-ring (bicyclic) bond motifs is 1. The molecule has 0 radical (unpaired) electrons. The molecule has 1 aromatic heterocycles. The van der Waals surface area contributed by atoms with Gasteiger partial charge in [-0.25, -0.2) is 4.99 Å². The van der Waals surface area contributed by atoms with Crippen LogP contribution < -0.4 is 16.4 Å².